The number of hydrogen-bond donors (Lipinski definition) is 1. The third-order valence-electron chi connectivity index (χ3n) is 1.83. The van der Waals surface area contributed by atoms with Crippen LogP contribution in [0.15, 0.2) is 39.4 Å². The van der Waals surface area contributed by atoms with Gasteiger partial charge in [0.05, 0.1) is 0 Å². The zero-order valence-electron chi connectivity index (χ0n) is 7.48. The lowest BCUT2D eigenvalue weighted by Crippen LogP contribution is -1.95. The molecule has 76 valence electrons. The van der Waals surface area contributed by atoms with Gasteiger partial charge in [0.1, 0.15) is 12.0 Å². The van der Waals surface area contributed by atoms with Gasteiger partial charge in [-0.05, 0) is 12.1 Å². The van der Waals surface area contributed by atoms with Crippen LogP contribution < -0.4 is 0 Å². The zero-order valence-corrected chi connectivity index (χ0v) is 9.06. The first-order valence-electron chi connectivity index (χ1n) is 4.11. The standard InChI is InChI=1S/C10H6BrNO3/c11-7-3-1-6(2-4-7)8-5-15-9(12-8)10(13)14/h1-5H,(H,13,14). The van der Waals surface area contributed by atoms with Crippen LogP contribution in [0.1, 0.15) is 10.7 Å². The molecule has 0 aliphatic heterocycles. The van der Waals surface area contributed by atoms with E-state index in [1.54, 1.807) is 0 Å². The molecule has 1 heterocycles. The maximum absolute atomic E-state index is 10.5. The summed E-state index contributed by atoms with van der Waals surface area (Å²) < 4.78 is 5.74. The lowest BCUT2D eigenvalue weighted by Gasteiger charge is -1.94. The molecule has 0 aliphatic rings. The molecule has 0 bridgehead atoms. The molecule has 5 heteroatoms. The molecule has 2 rings (SSSR count). The molecule has 0 radical (unpaired) electrons. The molecule has 0 saturated heterocycles. The highest BCUT2D eigenvalue weighted by molar-refractivity contribution is 9.10. The van der Waals surface area contributed by atoms with Gasteiger partial charge >= 0.3 is 11.9 Å². The van der Waals surface area contributed by atoms with E-state index in [-0.39, 0.29) is 5.89 Å². The van der Waals surface area contributed by atoms with Crippen LogP contribution >= 0.6 is 15.9 Å². The van der Waals surface area contributed by atoms with E-state index in [0.717, 1.165) is 10.0 Å². The first-order chi connectivity index (χ1) is 7.16. The Balaban J connectivity index is 2.37. The second kappa shape index (κ2) is 3.86. The summed E-state index contributed by atoms with van der Waals surface area (Å²) >= 11 is 3.31. The normalized spacial score (nSPS) is 10.2. The van der Waals surface area contributed by atoms with Gasteiger partial charge < -0.3 is 9.52 Å². The monoisotopic (exact) mass is 267 g/mol. The van der Waals surface area contributed by atoms with Crippen molar-refractivity contribution in [2.45, 2.75) is 0 Å². The zero-order chi connectivity index (χ0) is 10.8. The number of nitrogens with zero attached hydrogens (tertiary/aromatic N) is 1. The Morgan fingerprint density at radius 1 is 1.33 bits per heavy atom. The van der Waals surface area contributed by atoms with Gasteiger partial charge in [0.15, 0.2) is 0 Å². The highest BCUT2D eigenvalue weighted by atomic mass is 79.9. The van der Waals surface area contributed by atoms with Crippen LogP contribution in [-0.4, -0.2) is 16.1 Å². The quantitative estimate of drug-likeness (QED) is 0.909. The summed E-state index contributed by atoms with van der Waals surface area (Å²) in [7, 11) is 0. The average molecular weight is 268 g/mol. The van der Waals surface area contributed by atoms with Crippen LogP contribution in [0, 0.1) is 0 Å². The Kier molecular flexibility index (Phi) is 2.55. The van der Waals surface area contributed by atoms with E-state index in [9.17, 15) is 4.79 Å². The molecule has 4 nitrogen and oxygen atoms in total. The molecule has 0 saturated carbocycles. The van der Waals surface area contributed by atoms with E-state index in [1.165, 1.54) is 6.26 Å². The number of rotatable bonds is 2. The molecule has 0 atom stereocenters. The van der Waals surface area contributed by atoms with Gasteiger partial charge in [-0.2, -0.15) is 0 Å². The number of carbonyl (C=O) groups is 1. The lowest BCUT2D eigenvalue weighted by molar-refractivity contribution is 0.0653. The predicted octanol–water partition coefficient (Wildman–Crippen LogP) is 2.80. The SMILES string of the molecule is O=C(O)c1nc(-c2ccc(Br)cc2)co1. The molecule has 0 unspecified atom stereocenters. The fourth-order valence-corrected chi connectivity index (χ4v) is 1.39. The predicted molar refractivity (Wildman–Crippen MR) is 56.6 cm³/mol. The number of aromatic nitrogens is 1. The van der Waals surface area contributed by atoms with Crippen LogP contribution in [0.25, 0.3) is 11.3 Å². The summed E-state index contributed by atoms with van der Waals surface area (Å²) in [5.74, 6) is -1.47. The van der Waals surface area contributed by atoms with Crippen LogP contribution in [0.5, 0.6) is 0 Å². The summed E-state index contributed by atoms with van der Waals surface area (Å²) in [6, 6.07) is 7.36. The minimum Gasteiger partial charge on any atom is -0.474 e. The number of hydrogen-bond acceptors (Lipinski definition) is 3. The molecular formula is C10H6BrNO3. The molecule has 0 aliphatic carbocycles. The summed E-state index contributed by atoms with van der Waals surface area (Å²) in [6.07, 6.45) is 1.33. The highest BCUT2D eigenvalue weighted by Crippen LogP contribution is 2.20. The van der Waals surface area contributed by atoms with Crippen LogP contribution in [0.2, 0.25) is 0 Å². The van der Waals surface area contributed by atoms with Crippen molar-refractivity contribution in [1.29, 1.82) is 0 Å². The molecule has 1 aromatic carbocycles. The Morgan fingerprint density at radius 2 is 2.00 bits per heavy atom. The third-order valence-corrected chi connectivity index (χ3v) is 2.36. The average Bonchev–Trinajstić information content (AvgIpc) is 2.68. The fraction of sp³-hybridized carbons (Fsp3) is 0. The second-order valence-electron chi connectivity index (χ2n) is 2.85. The Morgan fingerprint density at radius 3 is 2.53 bits per heavy atom. The van der Waals surface area contributed by atoms with Crippen molar-refractivity contribution in [3.05, 3.63) is 40.9 Å². The van der Waals surface area contributed by atoms with Gasteiger partial charge in [-0.1, -0.05) is 28.1 Å². The van der Waals surface area contributed by atoms with Gasteiger partial charge in [-0.25, -0.2) is 9.78 Å². The van der Waals surface area contributed by atoms with Gasteiger partial charge in [-0.15, -0.1) is 0 Å². The van der Waals surface area contributed by atoms with E-state index >= 15 is 0 Å². The van der Waals surface area contributed by atoms with E-state index in [2.05, 4.69) is 20.9 Å². The van der Waals surface area contributed by atoms with Gasteiger partial charge in [0, 0.05) is 10.0 Å². The molecule has 15 heavy (non-hydrogen) atoms. The Labute approximate surface area is 93.7 Å². The largest absolute Gasteiger partial charge is 0.474 e. The fourth-order valence-electron chi connectivity index (χ4n) is 1.13. The van der Waals surface area contributed by atoms with Crippen molar-refractivity contribution < 1.29 is 14.3 Å². The highest BCUT2D eigenvalue weighted by Gasteiger charge is 2.11. The molecular weight excluding hydrogens is 262 g/mol. The minimum atomic E-state index is -1.17. The van der Waals surface area contributed by atoms with Crippen molar-refractivity contribution >= 4 is 21.9 Å². The van der Waals surface area contributed by atoms with Crippen molar-refractivity contribution in [3.8, 4) is 11.3 Å². The summed E-state index contributed by atoms with van der Waals surface area (Å²) in [6.45, 7) is 0. The summed E-state index contributed by atoms with van der Waals surface area (Å²) in [5, 5.41) is 8.63. The van der Waals surface area contributed by atoms with Crippen LogP contribution in [0.3, 0.4) is 0 Å². The van der Waals surface area contributed by atoms with Gasteiger partial charge in [0.25, 0.3) is 0 Å². The number of halogens is 1. The van der Waals surface area contributed by atoms with Gasteiger partial charge in [0.2, 0.25) is 0 Å². The smallest absolute Gasteiger partial charge is 0.392 e. The van der Waals surface area contributed by atoms with Crippen molar-refractivity contribution in [2.24, 2.45) is 0 Å². The Hall–Kier alpha value is -1.62. The third kappa shape index (κ3) is 2.07. The number of aromatic carboxylic acids is 1. The molecule has 1 aromatic heterocycles. The number of benzene rings is 1. The van der Waals surface area contributed by atoms with Crippen molar-refractivity contribution in [3.63, 3.8) is 0 Å². The maximum Gasteiger partial charge on any atom is 0.392 e. The minimum absolute atomic E-state index is 0.298. The number of carboxylic acid groups (broad SMARTS) is 1. The maximum atomic E-state index is 10.5. The molecule has 0 amide bonds. The molecule has 2 aromatic rings. The first-order valence-corrected chi connectivity index (χ1v) is 4.91. The Bertz CT molecular complexity index is 490. The van der Waals surface area contributed by atoms with E-state index < -0.39 is 5.97 Å². The van der Waals surface area contributed by atoms with E-state index in [4.69, 9.17) is 9.52 Å². The van der Waals surface area contributed by atoms with Crippen molar-refractivity contribution in [2.75, 3.05) is 0 Å². The second-order valence-corrected chi connectivity index (χ2v) is 3.77. The molecule has 0 spiro atoms. The number of carboxylic acids is 1. The van der Waals surface area contributed by atoms with Gasteiger partial charge in [-0.3, -0.25) is 0 Å². The lowest BCUT2D eigenvalue weighted by atomic mass is 10.2. The molecule has 0 fully saturated rings. The van der Waals surface area contributed by atoms with Crippen LogP contribution in [0.4, 0.5) is 0 Å². The topological polar surface area (TPSA) is 63.3 Å². The summed E-state index contributed by atoms with van der Waals surface area (Å²) in [5.41, 5.74) is 1.33. The molecule has 1 N–H and O–H groups in total. The first kappa shape index (κ1) is 9.92. The van der Waals surface area contributed by atoms with E-state index in [1.807, 2.05) is 24.3 Å². The van der Waals surface area contributed by atoms with Crippen LogP contribution in [-0.2, 0) is 0 Å². The summed E-state index contributed by atoms with van der Waals surface area (Å²) in [4.78, 5) is 14.4. The van der Waals surface area contributed by atoms with E-state index in [0.29, 0.717) is 5.69 Å². The number of oxazole rings is 1. The van der Waals surface area contributed by atoms with Crippen molar-refractivity contribution in [1.82, 2.24) is 4.98 Å².